The normalized spacial score (nSPS) is 10.3. The van der Waals surface area contributed by atoms with E-state index in [1.165, 1.54) is 6.07 Å². The first-order valence-electron chi connectivity index (χ1n) is 9.17. The maximum absolute atomic E-state index is 14.1. The van der Waals surface area contributed by atoms with Crippen LogP contribution in [0.4, 0.5) is 4.39 Å². The number of thiocarbonyl (C=S) groups is 1. The fourth-order valence-corrected chi connectivity index (χ4v) is 2.77. The number of rotatable bonds is 9. The molecule has 0 saturated carbocycles. The number of hydrogen-bond acceptors (Lipinski definition) is 2. The molecule has 6 heteroatoms. The number of benzene rings is 2. The smallest absolute Gasteiger partial charge is 0.239 e. The van der Waals surface area contributed by atoms with Crippen LogP contribution in [0.25, 0.3) is 0 Å². The zero-order chi connectivity index (χ0) is 19.5. The zero-order valence-corrected chi connectivity index (χ0v) is 16.4. The van der Waals surface area contributed by atoms with E-state index in [1.54, 1.807) is 18.2 Å². The van der Waals surface area contributed by atoms with Crippen LogP contribution < -0.4 is 10.6 Å². The molecular weight excluding hydrogens is 361 g/mol. The SMILES string of the molecule is CCCCNC(=O)CNC(=S)N(Cc1ccccc1)Cc1ccccc1F. The number of nitrogens with zero attached hydrogens (tertiary/aromatic N) is 1. The van der Waals surface area contributed by atoms with Gasteiger partial charge in [0, 0.05) is 25.2 Å². The molecule has 0 aliphatic carbocycles. The van der Waals surface area contributed by atoms with Crippen molar-refractivity contribution in [1.29, 1.82) is 0 Å². The van der Waals surface area contributed by atoms with Gasteiger partial charge >= 0.3 is 0 Å². The predicted molar refractivity (Wildman–Crippen MR) is 111 cm³/mol. The molecule has 0 heterocycles. The van der Waals surface area contributed by atoms with Crippen LogP contribution in [0.3, 0.4) is 0 Å². The molecule has 0 fully saturated rings. The van der Waals surface area contributed by atoms with Crippen LogP contribution >= 0.6 is 12.2 Å². The lowest BCUT2D eigenvalue weighted by Gasteiger charge is -2.26. The molecule has 0 aliphatic heterocycles. The number of nitrogens with one attached hydrogen (secondary N) is 2. The Morgan fingerprint density at radius 2 is 1.74 bits per heavy atom. The average molecular weight is 388 g/mol. The lowest BCUT2D eigenvalue weighted by molar-refractivity contribution is -0.120. The number of carbonyl (C=O) groups excluding carboxylic acids is 1. The van der Waals surface area contributed by atoms with Crippen molar-refractivity contribution < 1.29 is 9.18 Å². The van der Waals surface area contributed by atoms with Gasteiger partial charge in [-0.3, -0.25) is 4.79 Å². The highest BCUT2D eigenvalue weighted by atomic mass is 32.1. The molecular formula is C21H26FN3OS. The third kappa shape index (κ3) is 7.35. The molecule has 4 nitrogen and oxygen atoms in total. The minimum atomic E-state index is -0.268. The summed E-state index contributed by atoms with van der Waals surface area (Å²) in [5.41, 5.74) is 1.62. The van der Waals surface area contributed by atoms with E-state index in [4.69, 9.17) is 12.2 Å². The van der Waals surface area contributed by atoms with Gasteiger partial charge in [-0.2, -0.15) is 0 Å². The molecule has 27 heavy (non-hydrogen) atoms. The van der Waals surface area contributed by atoms with E-state index in [-0.39, 0.29) is 18.3 Å². The standard InChI is InChI=1S/C21H26FN3OS/c1-2-3-13-23-20(26)14-24-21(27)25(15-17-9-5-4-6-10-17)16-18-11-7-8-12-19(18)22/h4-12H,2-3,13-16H2,1H3,(H,23,26)(H,24,27). The monoisotopic (exact) mass is 387 g/mol. The topological polar surface area (TPSA) is 44.4 Å². The Balaban J connectivity index is 2.01. The van der Waals surface area contributed by atoms with Crippen molar-refractivity contribution in [2.75, 3.05) is 13.1 Å². The van der Waals surface area contributed by atoms with Crippen molar-refractivity contribution in [2.45, 2.75) is 32.9 Å². The molecule has 0 spiro atoms. The summed E-state index contributed by atoms with van der Waals surface area (Å²) in [6.07, 6.45) is 1.98. The van der Waals surface area contributed by atoms with Crippen molar-refractivity contribution in [3.05, 3.63) is 71.5 Å². The molecule has 0 aliphatic rings. The molecule has 0 unspecified atom stereocenters. The van der Waals surface area contributed by atoms with Crippen molar-refractivity contribution in [2.24, 2.45) is 0 Å². The van der Waals surface area contributed by atoms with Crippen molar-refractivity contribution in [1.82, 2.24) is 15.5 Å². The molecule has 2 N–H and O–H groups in total. The van der Waals surface area contributed by atoms with Gasteiger partial charge in [0.1, 0.15) is 5.82 Å². The van der Waals surface area contributed by atoms with Crippen LogP contribution in [0.15, 0.2) is 54.6 Å². The molecule has 0 aromatic heterocycles. The van der Waals surface area contributed by atoms with Crippen molar-refractivity contribution >= 4 is 23.2 Å². The van der Waals surface area contributed by atoms with Crippen LogP contribution in [-0.4, -0.2) is 29.0 Å². The summed E-state index contributed by atoms with van der Waals surface area (Å²) in [7, 11) is 0. The second-order valence-corrected chi connectivity index (χ2v) is 6.68. The first kappa shape index (κ1) is 20.8. The van der Waals surface area contributed by atoms with Crippen molar-refractivity contribution in [3.8, 4) is 0 Å². The van der Waals surface area contributed by atoms with Gasteiger partial charge in [0.05, 0.1) is 6.54 Å². The summed E-state index contributed by atoms with van der Waals surface area (Å²) in [6, 6.07) is 16.5. The van der Waals surface area contributed by atoms with Gasteiger partial charge in [-0.15, -0.1) is 0 Å². The Hall–Kier alpha value is -2.47. The largest absolute Gasteiger partial charge is 0.355 e. The molecule has 144 valence electrons. The fraction of sp³-hybridized carbons (Fsp3) is 0.333. The van der Waals surface area contributed by atoms with Crippen LogP contribution in [-0.2, 0) is 17.9 Å². The lowest BCUT2D eigenvalue weighted by Crippen LogP contribution is -2.44. The first-order valence-corrected chi connectivity index (χ1v) is 9.57. The molecule has 0 saturated heterocycles. The Morgan fingerprint density at radius 3 is 2.44 bits per heavy atom. The Bertz CT molecular complexity index is 739. The highest BCUT2D eigenvalue weighted by Crippen LogP contribution is 2.13. The maximum atomic E-state index is 14.1. The Kier molecular flexibility index (Phi) is 8.71. The van der Waals surface area contributed by atoms with E-state index in [0.29, 0.717) is 30.3 Å². The summed E-state index contributed by atoms with van der Waals surface area (Å²) in [6.45, 7) is 3.69. The highest BCUT2D eigenvalue weighted by molar-refractivity contribution is 7.80. The van der Waals surface area contributed by atoms with Crippen LogP contribution in [0, 0.1) is 5.82 Å². The Morgan fingerprint density at radius 1 is 1.04 bits per heavy atom. The lowest BCUT2D eigenvalue weighted by atomic mass is 10.1. The number of hydrogen-bond donors (Lipinski definition) is 2. The molecule has 1 amide bonds. The Labute approximate surface area is 165 Å². The molecule has 2 rings (SSSR count). The number of carbonyl (C=O) groups is 1. The molecule has 0 bridgehead atoms. The summed E-state index contributed by atoms with van der Waals surface area (Å²) < 4.78 is 14.1. The molecule has 0 atom stereocenters. The summed E-state index contributed by atoms with van der Waals surface area (Å²) in [5.74, 6) is -0.368. The minimum Gasteiger partial charge on any atom is -0.355 e. The number of amides is 1. The van der Waals surface area contributed by atoms with E-state index < -0.39 is 0 Å². The second-order valence-electron chi connectivity index (χ2n) is 6.30. The average Bonchev–Trinajstić information content (AvgIpc) is 2.68. The van der Waals surface area contributed by atoms with Gasteiger partial charge in [0.15, 0.2) is 5.11 Å². The van der Waals surface area contributed by atoms with Gasteiger partial charge in [-0.05, 0) is 30.3 Å². The first-order chi connectivity index (χ1) is 13.1. The molecule has 0 radical (unpaired) electrons. The van der Waals surface area contributed by atoms with Gasteiger partial charge in [0.25, 0.3) is 0 Å². The van der Waals surface area contributed by atoms with Crippen LogP contribution in [0.5, 0.6) is 0 Å². The summed E-state index contributed by atoms with van der Waals surface area (Å²) >= 11 is 5.48. The highest BCUT2D eigenvalue weighted by Gasteiger charge is 2.14. The zero-order valence-electron chi connectivity index (χ0n) is 15.6. The van der Waals surface area contributed by atoms with Gasteiger partial charge < -0.3 is 15.5 Å². The van der Waals surface area contributed by atoms with Crippen molar-refractivity contribution in [3.63, 3.8) is 0 Å². The van der Waals surface area contributed by atoms with E-state index in [9.17, 15) is 9.18 Å². The van der Waals surface area contributed by atoms with Crippen LogP contribution in [0.1, 0.15) is 30.9 Å². The summed E-state index contributed by atoms with van der Waals surface area (Å²) in [5, 5.41) is 6.26. The van der Waals surface area contributed by atoms with E-state index >= 15 is 0 Å². The second kappa shape index (κ2) is 11.3. The minimum absolute atomic E-state index is 0.101. The van der Waals surface area contributed by atoms with E-state index in [2.05, 4.69) is 17.6 Å². The summed E-state index contributed by atoms with van der Waals surface area (Å²) in [4.78, 5) is 13.8. The van der Waals surface area contributed by atoms with Gasteiger partial charge in [0.2, 0.25) is 5.91 Å². The maximum Gasteiger partial charge on any atom is 0.239 e. The number of unbranched alkanes of at least 4 members (excludes halogenated alkanes) is 1. The molecule has 2 aromatic carbocycles. The number of halogens is 1. The van der Waals surface area contributed by atoms with Gasteiger partial charge in [-0.25, -0.2) is 4.39 Å². The quantitative estimate of drug-likeness (QED) is 0.510. The third-order valence-electron chi connectivity index (χ3n) is 4.08. The molecule has 2 aromatic rings. The van der Waals surface area contributed by atoms with Crippen LogP contribution in [0.2, 0.25) is 0 Å². The third-order valence-corrected chi connectivity index (χ3v) is 4.48. The predicted octanol–water partition coefficient (Wildman–Crippen LogP) is 3.62. The van der Waals surface area contributed by atoms with E-state index in [0.717, 1.165) is 18.4 Å². The fourth-order valence-electron chi connectivity index (χ4n) is 2.57. The van der Waals surface area contributed by atoms with Gasteiger partial charge in [-0.1, -0.05) is 61.9 Å². The van der Waals surface area contributed by atoms with E-state index in [1.807, 2.05) is 35.2 Å².